The molecular formula is C13H17NO. The first-order valence-corrected chi connectivity index (χ1v) is 5.47. The highest BCUT2D eigenvalue weighted by Gasteiger charge is 2.05. The number of rotatable bonds is 4. The Morgan fingerprint density at radius 1 is 1.33 bits per heavy atom. The lowest BCUT2D eigenvalue weighted by atomic mass is 10.0. The van der Waals surface area contributed by atoms with Crippen molar-refractivity contribution in [1.29, 1.82) is 0 Å². The van der Waals surface area contributed by atoms with Crippen LogP contribution in [0.2, 0.25) is 0 Å². The fourth-order valence-corrected chi connectivity index (χ4v) is 1.88. The molecule has 0 aliphatic rings. The topological polar surface area (TPSA) is 25.2 Å². The maximum Gasteiger partial charge on any atom is 0.133 e. The van der Waals surface area contributed by atoms with Crippen molar-refractivity contribution in [1.82, 2.24) is 5.32 Å². The molecule has 0 aliphatic heterocycles. The zero-order valence-corrected chi connectivity index (χ0v) is 9.29. The number of nitrogens with one attached hydrogen (secondary N) is 1. The third-order valence-corrected chi connectivity index (χ3v) is 2.90. The molecule has 0 radical (unpaired) electrons. The van der Waals surface area contributed by atoms with E-state index in [9.17, 15) is 0 Å². The third kappa shape index (κ3) is 2.21. The first kappa shape index (κ1) is 10.2. The second-order valence-corrected chi connectivity index (χ2v) is 3.89. The zero-order valence-electron chi connectivity index (χ0n) is 9.29. The van der Waals surface area contributed by atoms with E-state index in [0.717, 1.165) is 18.4 Å². The molecule has 0 aliphatic carbocycles. The van der Waals surface area contributed by atoms with E-state index in [0.29, 0.717) is 6.04 Å². The SMILES string of the molecule is CC[C@@H](Cc1ccc2occc2c1)NC. The van der Waals surface area contributed by atoms with Crippen LogP contribution >= 0.6 is 0 Å². The molecule has 1 atom stereocenters. The molecule has 1 heterocycles. The summed E-state index contributed by atoms with van der Waals surface area (Å²) in [6, 6.07) is 8.98. The minimum atomic E-state index is 0.564. The Hall–Kier alpha value is -1.28. The van der Waals surface area contributed by atoms with Gasteiger partial charge in [0.1, 0.15) is 5.58 Å². The van der Waals surface area contributed by atoms with Crippen LogP contribution in [-0.2, 0) is 6.42 Å². The second-order valence-electron chi connectivity index (χ2n) is 3.89. The van der Waals surface area contributed by atoms with Gasteiger partial charge in [-0.1, -0.05) is 13.0 Å². The average Bonchev–Trinajstić information content (AvgIpc) is 2.73. The van der Waals surface area contributed by atoms with Gasteiger partial charge in [-0.25, -0.2) is 0 Å². The van der Waals surface area contributed by atoms with Crippen LogP contribution in [0.5, 0.6) is 0 Å². The van der Waals surface area contributed by atoms with Gasteiger partial charge < -0.3 is 9.73 Å². The van der Waals surface area contributed by atoms with E-state index in [1.165, 1.54) is 10.9 Å². The van der Waals surface area contributed by atoms with Crippen molar-refractivity contribution in [2.45, 2.75) is 25.8 Å². The van der Waals surface area contributed by atoms with E-state index in [2.05, 4.69) is 24.4 Å². The van der Waals surface area contributed by atoms with Crippen molar-refractivity contribution in [2.75, 3.05) is 7.05 Å². The Morgan fingerprint density at radius 3 is 2.93 bits per heavy atom. The van der Waals surface area contributed by atoms with Crippen molar-refractivity contribution in [3.05, 3.63) is 36.1 Å². The summed E-state index contributed by atoms with van der Waals surface area (Å²) in [6.45, 7) is 2.21. The van der Waals surface area contributed by atoms with Crippen molar-refractivity contribution in [3.63, 3.8) is 0 Å². The molecule has 0 saturated carbocycles. The van der Waals surface area contributed by atoms with Crippen molar-refractivity contribution in [3.8, 4) is 0 Å². The molecule has 2 aromatic rings. The van der Waals surface area contributed by atoms with Gasteiger partial charge >= 0.3 is 0 Å². The fraction of sp³-hybridized carbons (Fsp3) is 0.385. The van der Waals surface area contributed by atoms with Crippen LogP contribution in [-0.4, -0.2) is 13.1 Å². The average molecular weight is 203 g/mol. The molecule has 1 aromatic carbocycles. The highest BCUT2D eigenvalue weighted by molar-refractivity contribution is 5.77. The fourth-order valence-electron chi connectivity index (χ4n) is 1.88. The Kier molecular flexibility index (Phi) is 3.07. The van der Waals surface area contributed by atoms with Crippen LogP contribution in [0.15, 0.2) is 34.9 Å². The van der Waals surface area contributed by atoms with Crippen LogP contribution in [0.4, 0.5) is 0 Å². The smallest absolute Gasteiger partial charge is 0.133 e. The monoisotopic (exact) mass is 203 g/mol. The maximum atomic E-state index is 5.31. The molecule has 0 amide bonds. The molecule has 2 heteroatoms. The second kappa shape index (κ2) is 4.49. The normalized spacial score (nSPS) is 13.2. The number of furan rings is 1. The molecule has 15 heavy (non-hydrogen) atoms. The minimum absolute atomic E-state index is 0.564. The highest BCUT2D eigenvalue weighted by atomic mass is 16.3. The predicted octanol–water partition coefficient (Wildman–Crippen LogP) is 2.97. The molecule has 80 valence electrons. The van der Waals surface area contributed by atoms with E-state index in [4.69, 9.17) is 4.42 Å². The molecule has 2 nitrogen and oxygen atoms in total. The largest absolute Gasteiger partial charge is 0.464 e. The van der Waals surface area contributed by atoms with Crippen LogP contribution in [0, 0.1) is 0 Å². The van der Waals surface area contributed by atoms with Gasteiger partial charge in [0.15, 0.2) is 0 Å². The molecule has 0 unspecified atom stereocenters. The van der Waals surface area contributed by atoms with Crippen LogP contribution in [0.1, 0.15) is 18.9 Å². The van der Waals surface area contributed by atoms with Gasteiger partial charge in [-0.2, -0.15) is 0 Å². The molecule has 1 aromatic heterocycles. The summed E-state index contributed by atoms with van der Waals surface area (Å²) in [5.74, 6) is 0. The van der Waals surface area contributed by atoms with Crippen LogP contribution < -0.4 is 5.32 Å². The minimum Gasteiger partial charge on any atom is -0.464 e. The third-order valence-electron chi connectivity index (χ3n) is 2.90. The Morgan fingerprint density at radius 2 is 2.20 bits per heavy atom. The number of hydrogen-bond acceptors (Lipinski definition) is 2. The summed E-state index contributed by atoms with van der Waals surface area (Å²) >= 11 is 0. The van der Waals surface area contributed by atoms with Crippen molar-refractivity contribution < 1.29 is 4.42 Å². The number of hydrogen-bond donors (Lipinski definition) is 1. The number of fused-ring (bicyclic) bond motifs is 1. The lowest BCUT2D eigenvalue weighted by molar-refractivity contribution is 0.543. The first-order chi connectivity index (χ1) is 7.33. The molecular weight excluding hydrogens is 186 g/mol. The van der Waals surface area contributed by atoms with Gasteiger partial charge in [-0.15, -0.1) is 0 Å². The van der Waals surface area contributed by atoms with Gasteiger partial charge in [-0.3, -0.25) is 0 Å². The standard InChI is InChI=1S/C13H17NO/c1-3-12(14-2)9-10-4-5-13-11(8-10)6-7-15-13/h4-8,12,14H,3,9H2,1-2H3/t12-/m0/s1. The Bertz CT molecular complexity index is 429. The van der Waals surface area contributed by atoms with E-state index >= 15 is 0 Å². The van der Waals surface area contributed by atoms with Gasteiger partial charge in [-0.05, 0) is 43.7 Å². The van der Waals surface area contributed by atoms with E-state index < -0.39 is 0 Å². The highest BCUT2D eigenvalue weighted by Crippen LogP contribution is 2.18. The molecule has 0 saturated heterocycles. The van der Waals surface area contributed by atoms with E-state index in [-0.39, 0.29) is 0 Å². The van der Waals surface area contributed by atoms with Crippen molar-refractivity contribution >= 4 is 11.0 Å². The van der Waals surface area contributed by atoms with Crippen LogP contribution in [0.3, 0.4) is 0 Å². The van der Waals surface area contributed by atoms with Gasteiger partial charge in [0.2, 0.25) is 0 Å². The van der Waals surface area contributed by atoms with Crippen molar-refractivity contribution in [2.24, 2.45) is 0 Å². The lowest BCUT2D eigenvalue weighted by Crippen LogP contribution is -2.26. The summed E-state index contributed by atoms with van der Waals surface area (Å²) in [5, 5.41) is 4.51. The predicted molar refractivity (Wildman–Crippen MR) is 63.1 cm³/mol. The summed E-state index contributed by atoms with van der Waals surface area (Å²) in [7, 11) is 2.02. The van der Waals surface area contributed by atoms with Gasteiger partial charge in [0.05, 0.1) is 6.26 Å². The number of likely N-dealkylation sites (N-methyl/N-ethyl adjacent to an activating group) is 1. The zero-order chi connectivity index (χ0) is 10.7. The Balaban J connectivity index is 2.20. The molecule has 2 rings (SSSR count). The molecule has 0 spiro atoms. The molecule has 0 bridgehead atoms. The Labute approximate surface area is 90.3 Å². The molecule has 1 N–H and O–H groups in total. The maximum absolute atomic E-state index is 5.31. The quantitative estimate of drug-likeness (QED) is 0.826. The van der Waals surface area contributed by atoms with E-state index in [1.54, 1.807) is 6.26 Å². The summed E-state index contributed by atoms with van der Waals surface area (Å²) in [5.41, 5.74) is 2.33. The molecule has 0 fully saturated rings. The summed E-state index contributed by atoms with van der Waals surface area (Å²) < 4.78 is 5.31. The first-order valence-electron chi connectivity index (χ1n) is 5.47. The number of benzene rings is 1. The van der Waals surface area contributed by atoms with Gasteiger partial charge in [0.25, 0.3) is 0 Å². The summed E-state index contributed by atoms with van der Waals surface area (Å²) in [6.07, 6.45) is 3.97. The lowest BCUT2D eigenvalue weighted by Gasteiger charge is -2.13. The summed E-state index contributed by atoms with van der Waals surface area (Å²) in [4.78, 5) is 0. The van der Waals surface area contributed by atoms with E-state index in [1.807, 2.05) is 19.2 Å². The van der Waals surface area contributed by atoms with Crippen LogP contribution in [0.25, 0.3) is 11.0 Å². The van der Waals surface area contributed by atoms with Gasteiger partial charge in [0, 0.05) is 11.4 Å².